The minimum Gasteiger partial charge on any atom is -0.321 e. The summed E-state index contributed by atoms with van der Waals surface area (Å²) in [5, 5.41) is 0. The third-order valence-electron chi connectivity index (χ3n) is 2.23. The Kier molecular flexibility index (Phi) is 3.58. The van der Waals surface area contributed by atoms with Gasteiger partial charge in [-0.05, 0) is 12.1 Å². The van der Waals surface area contributed by atoms with Gasteiger partial charge in [0.05, 0.1) is 6.04 Å². The van der Waals surface area contributed by atoms with Crippen LogP contribution in [0.3, 0.4) is 0 Å². The number of ketones is 1. The summed E-state index contributed by atoms with van der Waals surface area (Å²) in [7, 11) is 0. The van der Waals surface area contributed by atoms with Gasteiger partial charge in [0, 0.05) is 23.7 Å². The summed E-state index contributed by atoms with van der Waals surface area (Å²) in [6.07, 6.45) is 2.22. The topological polar surface area (TPSA) is 56.0 Å². The lowest BCUT2D eigenvalue weighted by Crippen LogP contribution is -2.40. The van der Waals surface area contributed by atoms with E-state index in [0.717, 1.165) is 5.69 Å². The first-order chi connectivity index (χ1) is 6.91. The summed E-state index contributed by atoms with van der Waals surface area (Å²) in [5.74, 6) is 0.0770. The maximum Gasteiger partial charge on any atom is 0.155 e. The molecule has 0 spiro atoms. The van der Waals surface area contributed by atoms with Crippen molar-refractivity contribution in [2.24, 2.45) is 11.1 Å². The highest BCUT2D eigenvalue weighted by atomic mass is 16.1. The number of nitrogens with zero attached hydrogens (tertiary/aromatic N) is 1. The summed E-state index contributed by atoms with van der Waals surface area (Å²) in [4.78, 5) is 16.0. The molecule has 1 rings (SSSR count). The monoisotopic (exact) mass is 206 g/mol. The van der Waals surface area contributed by atoms with Crippen molar-refractivity contribution in [2.75, 3.05) is 0 Å². The molecule has 0 unspecified atom stereocenters. The van der Waals surface area contributed by atoms with Gasteiger partial charge in [-0.25, -0.2) is 0 Å². The largest absolute Gasteiger partial charge is 0.321 e. The molecule has 1 heterocycles. The van der Waals surface area contributed by atoms with E-state index in [2.05, 4.69) is 4.98 Å². The molecule has 1 atom stereocenters. The molecular weight excluding hydrogens is 188 g/mol. The van der Waals surface area contributed by atoms with Crippen LogP contribution >= 0.6 is 0 Å². The lowest BCUT2D eigenvalue weighted by molar-refractivity contribution is -0.127. The summed E-state index contributed by atoms with van der Waals surface area (Å²) in [6, 6.07) is 5.17. The average molecular weight is 206 g/mol. The molecule has 3 heteroatoms. The Morgan fingerprint density at radius 3 is 2.60 bits per heavy atom. The van der Waals surface area contributed by atoms with Crippen LogP contribution in [0.2, 0.25) is 0 Å². The highest BCUT2D eigenvalue weighted by molar-refractivity contribution is 5.88. The van der Waals surface area contributed by atoms with Crippen LogP contribution in [0, 0.1) is 5.41 Å². The van der Waals surface area contributed by atoms with Crippen molar-refractivity contribution in [2.45, 2.75) is 33.2 Å². The van der Waals surface area contributed by atoms with Gasteiger partial charge in [0.1, 0.15) is 0 Å². The summed E-state index contributed by atoms with van der Waals surface area (Å²) < 4.78 is 0. The van der Waals surface area contributed by atoms with Gasteiger partial charge in [-0.3, -0.25) is 9.78 Å². The normalized spacial score (nSPS) is 13.6. The van der Waals surface area contributed by atoms with Crippen molar-refractivity contribution in [3.05, 3.63) is 30.1 Å². The van der Waals surface area contributed by atoms with Gasteiger partial charge in [-0.1, -0.05) is 26.8 Å². The number of carbonyl (C=O) groups excluding carboxylic acids is 1. The van der Waals surface area contributed by atoms with Gasteiger partial charge in [0.15, 0.2) is 5.78 Å². The van der Waals surface area contributed by atoms with Crippen molar-refractivity contribution in [3.8, 4) is 0 Å². The van der Waals surface area contributed by atoms with Crippen LogP contribution in [0.15, 0.2) is 24.4 Å². The molecule has 1 aromatic heterocycles. The molecule has 0 aromatic carbocycles. The maximum absolute atomic E-state index is 11.8. The lowest BCUT2D eigenvalue weighted by atomic mass is 9.85. The lowest BCUT2D eigenvalue weighted by Gasteiger charge is -2.21. The van der Waals surface area contributed by atoms with Crippen LogP contribution in [0.5, 0.6) is 0 Å². The molecule has 0 amide bonds. The van der Waals surface area contributed by atoms with Crippen molar-refractivity contribution in [1.82, 2.24) is 4.98 Å². The molecule has 0 radical (unpaired) electrons. The molecule has 3 nitrogen and oxygen atoms in total. The van der Waals surface area contributed by atoms with Gasteiger partial charge in [0.25, 0.3) is 0 Å². The van der Waals surface area contributed by atoms with E-state index < -0.39 is 6.04 Å². The zero-order chi connectivity index (χ0) is 11.5. The molecule has 15 heavy (non-hydrogen) atoms. The second-order valence-electron chi connectivity index (χ2n) is 4.75. The first kappa shape index (κ1) is 11.9. The number of hydrogen-bond donors (Lipinski definition) is 1. The Bertz CT molecular complexity index is 327. The minimum absolute atomic E-state index is 0.0770. The van der Waals surface area contributed by atoms with E-state index in [9.17, 15) is 4.79 Å². The Hall–Kier alpha value is -1.22. The van der Waals surface area contributed by atoms with E-state index in [1.54, 1.807) is 6.20 Å². The van der Waals surface area contributed by atoms with Gasteiger partial charge < -0.3 is 5.73 Å². The van der Waals surface area contributed by atoms with Crippen LogP contribution in [-0.4, -0.2) is 16.8 Å². The summed E-state index contributed by atoms with van der Waals surface area (Å²) in [5.41, 5.74) is 6.33. The highest BCUT2D eigenvalue weighted by Gasteiger charge is 2.27. The molecule has 0 fully saturated rings. The van der Waals surface area contributed by atoms with Gasteiger partial charge in [0.2, 0.25) is 0 Å². The SMILES string of the molecule is CC(C)(C)C(=O)[C@@H](N)Cc1ccccn1. The molecule has 2 N–H and O–H groups in total. The van der Waals surface area contributed by atoms with Crippen molar-refractivity contribution in [1.29, 1.82) is 0 Å². The van der Waals surface area contributed by atoms with E-state index in [0.29, 0.717) is 6.42 Å². The fraction of sp³-hybridized carbons (Fsp3) is 0.500. The quantitative estimate of drug-likeness (QED) is 0.816. The van der Waals surface area contributed by atoms with Crippen LogP contribution < -0.4 is 5.73 Å². The van der Waals surface area contributed by atoms with Gasteiger partial charge >= 0.3 is 0 Å². The average Bonchev–Trinajstić information content (AvgIpc) is 2.16. The molecule has 0 saturated heterocycles. The van der Waals surface area contributed by atoms with Gasteiger partial charge in [-0.15, -0.1) is 0 Å². The fourth-order valence-corrected chi connectivity index (χ4v) is 1.39. The van der Waals surface area contributed by atoms with Gasteiger partial charge in [-0.2, -0.15) is 0 Å². The fourth-order valence-electron chi connectivity index (χ4n) is 1.39. The third kappa shape index (κ3) is 3.44. The predicted molar refractivity (Wildman–Crippen MR) is 60.4 cm³/mol. The van der Waals surface area contributed by atoms with Crippen LogP contribution in [0.4, 0.5) is 0 Å². The Morgan fingerprint density at radius 1 is 1.47 bits per heavy atom. The summed E-state index contributed by atoms with van der Waals surface area (Å²) >= 11 is 0. The number of aromatic nitrogens is 1. The molecule has 0 aliphatic rings. The minimum atomic E-state index is -0.458. The molecule has 0 bridgehead atoms. The molecular formula is C12H18N2O. The number of hydrogen-bond acceptors (Lipinski definition) is 3. The predicted octanol–water partition coefficient (Wildman–Crippen LogP) is 1.57. The first-order valence-electron chi connectivity index (χ1n) is 5.11. The number of pyridine rings is 1. The zero-order valence-electron chi connectivity index (χ0n) is 9.53. The maximum atomic E-state index is 11.8. The van der Waals surface area contributed by atoms with Crippen molar-refractivity contribution >= 4 is 5.78 Å². The van der Waals surface area contributed by atoms with E-state index in [1.165, 1.54) is 0 Å². The third-order valence-corrected chi connectivity index (χ3v) is 2.23. The number of Topliss-reactive ketones (excluding diaryl/α,β-unsaturated/α-hetero) is 1. The molecule has 0 aliphatic heterocycles. The second-order valence-corrected chi connectivity index (χ2v) is 4.75. The molecule has 0 saturated carbocycles. The summed E-state index contributed by atoms with van der Waals surface area (Å²) in [6.45, 7) is 5.65. The van der Waals surface area contributed by atoms with E-state index in [1.807, 2.05) is 39.0 Å². The van der Waals surface area contributed by atoms with Crippen LogP contribution in [0.25, 0.3) is 0 Å². The standard InChI is InChI=1S/C12H18N2O/c1-12(2,3)11(15)10(13)8-9-6-4-5-7-14-9/h4-7,10H,8,13H2,1-3H3/t10-/m0/s1. The molecule has 0 aliphatic carbocycles. The Morgan fingerprint density at radius 2 is 2.13 bits per heavy atom. The van der Waals surface area contributed by atoms with Crippen molar-refractivity contribution in [3.63, 3.8) is 0 Å². The van der Waals surface area contributed by atoms with Crippen LogP contribution in [0.1, 0.15) is 26.5 Å². The van der Waals surface area contributed by atoms with E-state index in [4.69, 9.17) is 5.73 Å². The second kappa shape index (κ2) is 4.53. The number of carbonyl (C=O) groups is 1. The zero-order valence-corrected chi connectivity index (χ0v) is 9.53. The van der Waals surface area contributed by atoms with E-state index >= 15 is 0 Å². The van der Waals surface area contributed by atoms with Crippen molar-refractivity contribution < 1.29 is 4.79 Å². The molecule has 82 valence electrons. The van der Waals surface area contributed by atoms with Crippen LogP contribution in [-0.2, 0) is 11.2 Å². The molecule has 1 aromatic rings. The Labute approximate surface area is 90.7 Å². The Balaban J connectivity index is 2.65. The first-order valence-corrected chi connectivity index (χ1v) is 5.11. The number of rotatable bonds is 3. The smallest absolute Gasteiger partial charge is 0.155 e. The van der Waals surface area contributed by atoms with E-state index in [-0.39, 0.29) is 11.2 Å². The number of nitrogens with two attached hydrogens (primary N) is 1. The highest BCUT2D eigenvalue weighted by Crippen LogP contribution is 2.17.